The van der Waals surface area contributed by atoms with Crippen LogP contribution in [0.4, 0.5) is 0 Å². The molecule has 0 radical (unpaired) electrons. The van der Waals surface area contributed by atoms with Gasteiger partial charge in [0, 0.05) is 32.7 Å². The van der Waals surface area contributed by atoms with E-state index in [2.05, 4.69) is 15.2 Å². The Morgan fingerprint density at radius 2 is 2.33 bits per heavy atom. The fraction of sp³-hybridized carbons (Fsp3) is 0.875. The zero-order valence-electron chi connectivity index (χ0n) is 7.20. The van der Waals surface area contributed by atoms with Crippen LogP contribution in [-0.4, -0.2) is 56.7 Å². The lowest BCUT2D eigenvalue weighted by Gasteiger charge is -2.28. The van der Waals surface area contributed by atoms with E-state index in [9.17, 15) is 0 Å². The maximum atomic E-state index is 5.30. The molecule has 1 fully saturated rings. The van der Waals surface area contributed by atoms with E-state index in [0.29, 0.717) is 6.10 Å². The highest BCUT2D eigenvalue weighted by atomic mass is 16.5. The second kappa shape index (κ2) is 3.87. The third-order valence-corrected chi connectivity index (χ3v) is 2.31. The lowest BCUT2D eigenvalue weighted by atomic mass is 10.3. The van der Waals surface area contributed by atoms with Gasteiger partial charge in [-0.15, -0.1) is 0 Å². The Balaban J connectivity index is 1.70. The second-order valence-corrected chi connectivity index (χ2v) is 3.28. The Kier molecular flexibility index (Phi) is 2.58. The van der Waals surface area contributed by atoms with E-state index in [0.717, 1.165) is 39.3 Å². The Labute approximate surface area is 72.6 Å². The van der Waals surface area contributed by atoms with Gasteiger partial charge in [-0.3, -0.25) is 9.89 Å². The zero-order chi connectivity index (χ0) is 8.23. The topological polar surface area (TPSA) is 36.9 Å². The summed E-state index contributed by atoms with van der Waals surface area (Å²) in [6.07, 6.45) is 1.88. The van der Waals surface area contributed by atoms with E-state index < -0.39 is 0 Å². The molecule has 0 amide bonds. The van der Waals surface area contributed by atoms with Crippen molar-refractivity contribution in [3.05, 3.63) is 0 Å². The molecule has 0 aromatic carbocycles. The number of aliphatic imine (C=N–C) groups is 1. The molecular weight excluding hydrogens is 154 g/mol. The molecule has 68 valence electrons. The first kappa shape index (κ1) is 8.01. The van der Waals surface area contributed by atoms with Gasteiger partial charge in [0.2, 0.25) is 0 Å². The van der Waals surface area contributed by atoms with Crippen molar-refractivity contribution < 1.29 is 4.74 Å². The largest absolute Gasteiger partial charge is 0.477 e. The molecule has 0 aliphatic carbocycles. The summed E-state index contributed by atoms with van der Waals surface area (Å²) in [4.78, 5) is 6.47. The van der Waals surface area contributed by atoms with Crippen molar-refractivity contribution in [3.8, 4) is 0 Å². The Bertz CT molecular complexity index is 158. The first-order valence-corrected chi connectivity index (χ1v) is 4.52. The minimum Gasteiger partial charge on any atom is -0.477 e. The summed E-state index contributed by atoms with van der Waals surface area (Å²) in [6.45, 7) is 6.35. The summed E-state index contributed by atoms with van der Waals surface area (Å²) in [5, 5.41) is 3.33. The summed E-state index contributed by atoms with van der Waals surface area (Å²) in [6, 6.07) is 0. The maximum Gasteiger partial charge on any atom is 0.170 e. The number of nitrogens with zero attached hydrogens (tertiary/aromatic N) is 2. The monoisotopic (exact) mass is 169 g/mol. The van der Waals surface area contributed by atoms with Gasteiger partial charge in [0.1, 0.15) is 6.10 Å². The van der Waals surface area contributed by atoms with Crippen LogP contribution >= 0.6 is 0 Å². The zero-order valence-corrected chi connectivity index (χ0v) is 7.20. The van der Waals surface area contributed by atoms with Crippen LogP contribution in [0.1, 0.15) is 0 Å². The SMILES string of the molecule is C1=NCC(CN2CCNCC2)O1. The summed E-state index contributed by atoms with van der Waals surface area (Å²) < 4.78 is 5.30. The molecule has 1 unspecified atom stereocenters. The lowest BCUT2D eigenvalue weighted by molar-refractivity contribution is 0.140. The first-order valence-electron chi connectivity index (χ1n) is 4.52. The van der Waals surface area contributed by atoms with E-state index >= 15 is 0 Å². The lowest BCUT2D eigenvalue weighted by Crippen LogP contribution is -2.46. The second-order valence-electron chi connectivity index (χ2n) is 3.28. The van der Waals surface area contributed by atoms with Gasteiger partial charge in [-0.2, -0.15) is 0 Å². The molecule has 4 heteroatoms. The first-order chi connectivity index (χ1) is 5.95. The van der Waals surface area contributed by atoms with Gasteiger partial charge in [0.25, 0.3) is 0 Å². The average molecular weight is 169 g/mol. The Hall–Kier alpha value is -0.610. The third-order valence-electron chi connectivity index (χ3n) is 2.31. The molecule has 1 atom stereocenters. The fourth-order valence-corrected chi connectivity index (χ4v) is 1.62. The molecule has 0 spiro atoms. The molecule has 4 nitrogen and oxygen atoms in total. The van der Waals surface area contributed by atoms with Gasteiger partial charge in [0.05, 0.1) is 6.54 Å². The summed E-state index contributed by atoms with van der Waals surface area (Å²) in [5.41, 5.74) is 0. The number of piperazine rings is 1. The van der Waals surface area contributed by atoms with Gasteiger partial charge in [-0.1, -0.05) is 0 Å². The molecular formula is C8H15N3O. The van der Waals surface area contributed by atoms with Gasteiger partial charge >= 0.3 is 0 Å². The van der Waals surface area contributed by atoms with E-state index in [1.807, 2.05) is 0 Å². The minimum atomic E-state index is 0.308. The quantitative estimate of drug-likeness (QED) is 0.595. The molecule has 2 rings (SSSR count). The summed E-state index contributed by atoms with van der Waals surface area (Å²) in [7, 11) is 0. The van der Waals surface area contributed by atoms with Crippen LogP contribution in [0.2, 0.25) is 0 Å². The van der Waals surface area contributed by atoms with Crippen molar-refractivity contribution in [2.45, 2.75) is 6.10 Å². The number of hydrogen-bond acceptors (Lipinski definition) is 4. The number of rotatable bonds is 2. The van der Waals surface area contributed by atoms with Crippen molar-refractivity contribution in [3.63, 3.8) is 0 Å². The molecule has 0 aromatic heterocycles. The molecule has 2 aliphatic rings. The molecule has 0 saturated carbocycles. The van der Waals surface area contributed by atoms with E-state index in [-0.39, 0.29) is 0 Å². The fourth-order valence-electron chi connectivity index (χ4n) is 1.62. The maximum absolute atomic E-state index is 5.30. The van der Waals surface area contributed by atoms with Crippen LogP contribution in [0.3, 0.4) is 0 Å². The van der Waals surface area contributed by atoms with E-state index in [1.165, 1.54) is 0 Å². The number of hydrogen-bond donors (Lipinski definition) is 1. The minimum absolute atomic E-state index is 0.308. The van der Waals surface area contributed by atoms with Crippen molar-refractivity contribution in [1.29, 1.82) is 0 Å². The van der Waals surface area contributed by atoms with Gasteiger partial charge < -0.3 is 10.1 Å². The van der Waals surface area contributed by atoms with Crippen molar-refractivity contribution in [2.75, 3.05) is 39.3 Å². The van der Waals surface area contributed by atoms with Gasteiger partial charge in [-0.05, 0) is 0 Å². The molecule has 2 aliphatic heterocycles. The molecule has 0 aromatic rings. The van der Waals surface area contributed by atoms with E-state index in [1.54, 1.807) is 6.40 Å². The van der Waals surface area contributed by atoms with Crippen LogP contribution in [0, 0.1) is 0 Å². The van der Waals surface area contributed by atoms with Crippen molar-refractivity contribution in [1.82, 2.24) is 10.2 Å². The highest BCUT2D eigenvalue weighted by Gasteiger charge is 2.18. The molecule has 12 heavy (non-hydrogen) atoms. The van der Waals surface area contributed by atoms with Crippen molar-refractivity contribution in [2.24, 2.45) is 4.99 Å². The summed E-state index contributed by atoms with van der Waals surface area (Å²) >= 11 is 0. The average Bonchev–Trinajstić information content (AvgIpc) is 2.59. The smallest absolute Gasteiger partial charge is 0.170 e. The number of nitrogens with one attached hydrogen (secondary N) is 1. The van der Waals surface area contributed by atoms with Crippen LogP contribution in [0.25, 0.3) is 0 Å². The summed E-state index contributed by atoms with van der Waals surface area (Å²) in [5.74, 6) is 0. The molecule has 1 N–H and O–H groups in total. The van der Waals surface area contributed by atoms with E-state index in [4.69, 9.17) is 4.74 Å². The highest BCUT2D eigenvalue weighted by Crippen LogP contribution is 2.02. The van der Waals surface area contributed by atoms with Crippen molar-refractivity contribution >= 4 is 6.40 Å². The molecule has 2 heterocycles. The van der Waals surface area contributed by atoms with Crippen LogP contribution in [-0.2, 0) is 4.74 Å². The third kappa shape index (κ3) is 1.95. The molecule has 1 saturated heterocycles. The van der Waals surface area contributed by atoms with Gasteiger partial charge in [0.15, 0.2) is 6.40 Å². The number of ether oxygens (including phenoxy) is 1. The van der Waals surface area contributed by atoms with Crippen LogP contribution in [0.5, 0.6) is 0 Å². The van der Waals surface area contributed by atoms with Crippen LogP contribution < -0.4 is 5.32 Å². The van der Waals surface area contributed by atoms with Gasteiger partial charge in [-0.25, -0.2) is 0 Å². The predicted octanol–water partition coefficient (Wildman–Crippen LogP) is -0.681. The Morgan fingerprint density at radius 3 is 3.00 bits per heavy atom. The van der Waals surface area contributed by atoms with Crippen LogP contribution in [0.15, 0.2) is 4.99 Å². The predicted molar refractivity (Wildman–Crippen MR) is 47.5 cm³/mol. The Morgan fingerprint density at radius 1 is 1.50 bits per heavy atom. The molecule has 0 bridgehead atoms. The highest BCUT2D eigenvalue weighted by molar-refractivity contribution is 5.48. The normalized spacial score (nSPS) is 30.5. The standard InChI is InChI=1S/C8H15N3O/c1-3-11(4-2-9-1)6-8-5-10-7-12-8/h7-9H,1-6H2.